The van der Waals surface area contributed by atoms with E-state index >= 15 is 9.59 Å². The number of rotatable bonds is 8. The van der Waals surface area contributed by atoms with Gasteiger partial charge in [0, 0.05) is 43.5 Å². The first-order valence-electron chi connectivity index (χ1n) is 24.4. The number of hydrogen-bond acceptors (Lipinski definition) is 12. The Morgan fingerprint density at radius 1 is 0.361 bits per heavy atom. The van der Waals surface area contributed by atoms with E-state index in [4.69, 9.17) is 28.4 Å². The topological polar surface area (TPSA) is 96.0 Å². The van der Waals surface area contributed by atoms with Gasteiger partial charge in [0.1, 0.15) is 37.9 Å². The lowest BCUT2D eigenvalue weighted by Gasteiger charge is -2.26. The fraction of sp³-hybridized carbons (Fsp3) is 0.207. The van der Waals surface area contributed by atoms with Crippen molar-refractivity contribution >= 4 is 79.9 Å². The quantitative estimate of drug-likeness (QED) is 0.149. The van der Waals surface area contributed by atoms with Crippen LogP contribution in [0.2, 0.25) is 0 Å². The number of benzene rings is 4. The van der Waals surface area contributed by atoms with Crippen molar-refractivity contribution in [3.8, 4) is 76.3 Å². The molecule has 4 aromatic heterocycles. The Kier molecular flexibility index (Phi) is 10.8. The lowest BCUT2D eigenvalue weighted by molar-refractivity contribution is -0.115. The second kappa shape index (κ2) is 17.9. The van der Waals surface area contributed by atoms with Crippen LogP contribution in [0.4, 0.5) is 11.4 Å². The Morgan fingerprint density at radius 2 is 0.750 bits per heavy atom. The molecule has 358 valence electrons. The maximum absolute atomic E-state index is 15.8. The van der Waals surface area contributed by atoms with Gasteiger partial charge in [-0.3, -0.25) is 19.4 Å². The first-order valence-corrected chi connectivity index (χ1v) is 27.9. The van der Waals surface area contributed by atoms with Crippen LogP contribution in [0.1, 0.15) is 47.9 Å². The summed E-state index contributed by atoms with van der Waals surface area (Å²) < 4.78 is 36.3. The predicted octanol–water partition coefficient (Wildman–Crippen LogP) is 13.8. The van der Waals surface area contributed by atoms with E-state index in [2.05, 4.69) is 35.0 Å². The van der Waals surface area contributed by atoms with Gasteiger partial charge >= 0.3 is 0 Å². The lowest BCUT2D eigenvalue weighted by Crippen LogP contribution is -2.29. The van der Waals surface area contributed by atoms with Gasteiger partial charge in [0.2, 0.25) is 0 Å². The monoisotopic (exact) mass is 1020 g/mol. The number of nitrogens with zero attached hydrogens (tertiary/aromatic N) is 2. The van der Waals surface area contributed by atoms with Gasteiger partial charge in [0.15, 0.2) is 23.0 Å². The van der Waals surface area contributed by atoms with Gasteiger partial charge in [-0.2, -0.15) is 0 Å². The second-order valence-electron chi connectivity index (χ2n) is 18.3. The van der Waals surface area contributed by atoms with Gasteiger partial charge in [-0.05, 0) is 102 Å². The Morgan fingerprint density at radius 3 is 1.31 bits per heavy atom. The Hall–Kier alpha value is -7.10. The molecule has 0 N–H and O–H groups in total. The van der Waals surface area contributed by atoms with Crippen LogP contribution in [-0.4, -0.2) is 51.5 Å². The zero-order chi connectivity index (χ0) is 47.9. The summed E-state index contributed by atoms with van der Waals surface area (Å²) in [6.45, 7) is 3.41. The molecule has 0 radical (unpaired) electrons. The van der Waals surface area contributed by atoms with Crippen LogP contribution in [0.25, 0.3) is 53.2 Å². The van der Waals surface area contributed by atoms with E-state index in [9.17, 15) is 0 Å². The van der Waals surface area contributed by atoms with Crippen LogP contribution in [-0.2, 0) is 22.4 Å². The number of aryl methyl sites for hydroxylation is 1. The molecule has 0 saturated heterocycles. The van der Waals surface area contributed by atoms with Crippen LogP contribution in [0.5, 0.6) is 34.5 Å². The van der Waals surface area contributed by atoms with Crippen molar-refractivity contribution in [1.82, 2.24) is 0 Å². The molecule has 10 nitrogen and oxygen atoms in total. The fourth-order valence-electron chi connectivity index (χ4n) is 10.6. The molecular weight excluding hydrogens is 981 g/mol. The van der Waals surface area contributed by atoms with E-state index in [1.54, 1.807) is 55.1 Å². The fourth-order valence-corrected chi connectivity index (χ4v) is 14.6. The third-order valence-electron chi connectivity index (χ3n) is 14.1. The van der Waals surface area contributed by atoms with E-state index in [0.717, 1.165) is 128 Å². The average molecular weight is 1030 g/mol. The van der Waals surface area contributed by atoms with Gasteiger partial charge in [0.25, 0.3) is 11.8 Å². The molecule has 8 aromatic rings. The number of carbonyl (C=O) groups excluding carboxylic acids is 2. The zero-order valence-corrected chi connectivity index (χ0v) is 42.1. The average Bonchev–Trinajstić information content (AvgIpc) is 4.27. The molecule has 14 rings (SSSR count). The molecule has 6 aliphatic heterocycles. The molecule has 2 amide bonds. The van der Waals surface area contributed by atoms with Crippen molar-refractivity contribution in [2.24, 2.45) is 0 Å². The van der Waals surface area contributed by atoms with Crippen molar-refractivity contribution in [2.75, 3.05) is 49.4 Å². The van der Waals surface area contributed by atoms with Crippen LogP contribution in [0, 0.1) is 0 Å². The van der Waals surface area contributed by atoms with Crippen molar-refractivity contribution < 1.29 is 38.0 Å². The largest absolute Gasteiger partial charge is 0.492 e. The lowest BCUT2D eigenvalue weighted by atomic mass is 10.00. The van der Waals surface area contributed by atoms with Crippen LogP contribution < -0.4 is 38.2 Å². The van der Waals surface area contributed by atoms with Crippen molar-refractivity contribution in [2.45, 2.75) is 38.5 Å². The predicted molar refractivity (Wildman–Crippen MR) is 287 cm³/mol. The molecule has 6 aliphatic rings. The molecule has 0 atom stereocenters. The highest BCUT2D eigenvalue weighted by Crippen LogP contribution is 2.53. The highest BCUT2D eigenvalue weighted by atomic mass is 32.1. The third-order valence-corrected chi connectivity index (χ3v) is 18.1. The normalized spacial score (nSPS) is 17.1. The summed E-state index contributed by atoms with van der Waals surface area (Å²) in [5.41, 5.74) is 11.0. The second-order valence-corrected chi connectivity index (χ2v) is 21.8. The maximum Gasteiger partial charge on any atom is 0.265 e. The number of carbonyl (C=O) groups is 2. The first-order chi connectivity index (χ1) is 35.6. The highest BCUT2D eigenvalue weighted by Gasteiger charge is 2.50. The zero-order valence-electron chi connectivity index (χ0n) is 38.8. The van der Waals surface area contributed by atoms with Gasteiger partial charge in [0.05, 0.1) is 50.4 Å². The molecule has 0 saturated carbocycles. The van der Waals surface area contributed by atoms with Gasteiger partial charge in [-0.25, -0.2) is 0 Å². The molecular formula is C58H44N2O8S4. The van der Waals surface area contributed by atoms with E-state index in [1.165, 1.54) is 16.0 Å². The minimum Gasteiger partial charge on any atom is -0.492 e. The van der Waals surface area contributed by atoms with E-state index in [1.807, 2.05) is 83.6 Å². The number of amides is 2. The van der Waals surface area contributed by atoms with Crippen LogP contribution >= 0.6 is 45.3 Å². The Labute approximate surface area is 431 Å². The minimum atomic E-state index is -0.284. The van der Waals surface area contributed by atoms with E-state index in [-0.39, 0.29) is 11.8 Å². The van der Waals surface area contributed by atoms with Crippen molar-refractivity contribution in [3.05, 3.63) is 152 Å². The van der Waals surface area contributed by atoms with Gasteiger partial charge in [-0.15, -0.1) is 45.3 Å². The Bertz CT molecular complexity index is 3290. The maximum atomic E-state index is 15.8. The molecule has 4 aromatic carbocycles. The molecule has 10 heterocycles. The molecule has 0 fully saturated rings. The number of anilines is 2. The third kappa shape index (κ3) is 7.20. The Balaban J connectivity index is 0.917. The van der Waals surface area contributed by atoms with E-state index in [0.29, 0.717) is 66.9 Å². The molecule has 0 unspecified atom stereocenters. The number of ether oxygens (including phenoxy) is 6. The summed E-state index contributed by atoms with van der Waals surface area (Å²) >= 11 is 6.52. The van der Waals surface area contributed by atoms with Gasteiger partial charge < -0.3 is 28.4 Å². The first kappa shape index (κ1) is 43.7. The summed E-state index contributed by atoms with van der Waals surface area (Å²) in [6.07, 6.45) is 6.19. The summed E-state index contributed by atoms with van der Waals surface area (Å²) in [4.78, 5) is 39.2. The van der Waals surface area contributed by atoms with Crippen LogP contribution in [0.3, 0.4) is 0 Å². The highest BCUT2D eigenvalue weighted by molar-refractivity contribution is 7.15. The summed E-state index contributed by atoms with van der Waals surface area (Å²) in [5.74, 6) is 4.33. The van der Waals surface area contributed by atoms with Gasteiger partial charge in [-0.1, -0.05) is 72.8 Å². The number of fused-ring (bicyclic) bond motifs is 5. The molecule has 0 spiro atoms. The summed E-state index contributed by atoms with van der Waals surface area (Å²) in [5, 5.41) is 8.28. The van der Waals surface area contributed by atoms with E-state index < -0.39 is 0 Å². The number of thiophene rings is 4. The molecule has 0 bridgehead atoms. The van der Waals surface area contributed by atoms with Crippen molar-refractivity contribution in [3.63, 3.8) is 0 Å². The summed E-state index contributed by atoms with van der Waals surface area (Å²) in [6, 6.07) is 32.4. The minimum absolute atomic E-state index is 0.282. The summed E-state index contributed by atoms with van der Waals surface area (Å²) in [7, 11) is 0. The van der Waals surface area contributed by atoms with Crippen LogP contribution in [0.15, 0.2) is 130 Å². The van der Waals surface area contributed by atoms with Crippen molar-refractivity contribution in [1.29, 1.82) is 0 Å². The smallest absolute Gasteiger partial charge is 0.265 e. The SMILES string of the molecule is O=C1C2=C(c3ccc(-c4scc5c4OCCO5)cc3)N(c3ccc(-c4scc5c4OCCCC5)cc3)C(=O)C2=C(c2ccc(-c3scc4c3OCCO4)cc2)N1c1ccc(-c2scc3c2CCCCO3)cc1. The molecule has 14 heteroatoms. The molecule has 0 aliphatic carbocycles. The molecule has 72 heavy (non-hydrogen) atoms. The number of hydrogen-bond donors (Lipinski definition) is 0. The standard InChI is InChI=1S/C58H44N2O8S4/c61-57-47-46(48(33-7-11-36(12-8-33)55-51-44(31-71-55)64-25-27-67-51)59(57)40-19-15-35(16-20-40)53-42-6-2-4-23-63-43(42)30-70-53)58(62)60(41-21-17-38(18-22-41)54-50-39(29-69-54)5-1-3-24-66-50)49(47)34-9-13-37(14-10-34)56-52-45(32-72-56)65-26-28-68-52/h7-22,29-32H,1-6,23-28H2.